The lowest BCUT2D eigenvalue weighted by molar-refractivity contribution is 0.527. The third kappa shape index (κ3) is 4.49. The predicted octanol–water partition coefficient (Wildman–Crippen LogP) is 4.49. The zero-order valence-electron chi connectivity index (χ0n) is 11.0. The number of hydrogen-bond donors (Lipinski definition) is 1. The summed E-state index contributed by atoms with van der Waals surface area (Å²) < 4.78 is 0. The maximum atomic E-state index is 6.16. The first-order valence-electron chi connectivity index (χ1n) is 6.84. The minimum absolute atomic E-state index is 0.641. The summed E-state index contributed by atoms with van der Waals surface area (Å²) in [5.41, 5.74) is 1.25. The quantitative estimate of drug-likeness (QED) is 0.825. The molecule has 0 amide bonds. The zero-order valence-corrected chi connectivity index (χ0v) is 12.6. The SMILES string of the molecule is CC(CNC1CCCC1)SCc1ccccc1Cl. The molecule has 1 fully saturated rings. The fourth-order valence-electron chi connectivity index (χ4n) is 2.37. The Morgan fingerprint density at radius 3 is 2.78 bits per heavy atom. The van der Waals surface area contributed by atoms with Crippen molar-refractivity contribution < 1.29 is 0 Å². The Hall–Kier alpha value is -0.180. The van der Waals surface area contributed by atoms with Gasteiger partial charge in [-0.05, 0) is 24.5 Å². The molecule has 1 aromatic carbocycles. The molecule has 100 valence electrons. The smallest absolute Gasteiger partial charge is 0.0446 e. The summed E-state index contributed by atoms with van der Waals surface area (Å²) in [5, 5.41) is 5.21. The highest BCUT2D eigenvalue weighted by molar-refractivity contribution is 7.99. The van der Waals surface area contributed by atoms with Crippen LogP contribution in [-0.4, -0.2) is 17.8 Å². The molecule has 0 saturated heterocycles. The molecular weight excluding hydrogens is 262 g/mol. The van der Waals surface area contributed by atoms with Gasteiger partial charge in [0.25, 0.3) is 0 Å². The second kappa shape index (κ2) is 7.42. The number of benzene rings is 1. The van der Waals surface area contributed by atoms with E-state index in [0.29, 0.717) is 5.25 Å². The molecular formula is C15H22ClNS. The molecule has 0 aromatic heterocycles. The van der Waals surface area contributed by atoms with Crippen LogP contribution in [0.25, 0.3) is 0 Å². The number of hydrogen-bond acceptors (Lipinski definition) is 2. The van der Waals surface area contributed by atoms with Gasteiger partial charge in [-0.25, -0.2) is 0 Å². The molecule has 3 heteroatoms. The van der Waals surface area contributed by atoms with Gasteiger partial charge in [0.15, 0.2) is 0 Å². The molecule has 0 bridgehead atoms. The van der Waals surface area contributed by atoms with Crippen molar-refractivity contribution in [2.24, 2.45) is 0 Å². The third-order valence-corrected chi connectivity index (χ3v) is 5.11. The molecule has 1 N–H and O–H groups in total. The van der Waals surface area contributed by atoms with Crippen molar-refractivity contribution in [3.63, 3.8) is 0 Å². The van der Waals surface area contributed by atoms with E-state index in [1.165, 1.54) is 31.2 Å². The van der Waals surface area contributed by atoms with Crippen molar-refractivity contribution in [2.45, 2.75) is 49.7 Å². The minimum Gasteiger partial charge on any atom is -0.313 e. The van der Waals surface area contributed by atoms with Crippen molar-refractivity contribution in [1.82, 2.24) is 5.32 Å². The monoisotopic (exact) mass is 283 g/mol. The maximum absolute atomic E-state index is 6.16. The van der Waals surface area contributed by atoms with Crippen LogP contribution in [0.1, 0.15) is 38.2 Å². The highest BCUT2D eigenvalue weighted by atomic mass is 35.5. The molecule has 0 heterocycles. The van der Waals surface area contributed by atoms with E-state index >= 15 is 0 Å². The first-order chi connectivity index (χ1) is 8.75. The third-order valence-electron chi connectivity index (χ3n) is 3.53. The van der Waals surface area contributed by atoms with Crippen LogP contribution < -0.4 is 5.32 Å². The molecule has 2 rings (SSSR count). The standard InChI is InChI=1S/C15H22ClNS/c1-12(10-17-14-7-3-4-8-14)18-11-13-6-2-5-9-15(13)16/h2,5-6,9,12,14,17H,3-4,7-8,10-11H2,1H3. The Morgan fingerprint density at radius 1 is 1.33 bits per heavy atom. The fourth-order valence-corrected chi connectivity index (χ4v) is 3.58. The van der Waals surface area contributed by atoms with Crippen molar-refractivity contribution in [3.8, 4) is 0 Å². The minimum atomic E-state index is 0.641. The highest BCUT2D eigenvalue weighted by Gasteiger charge is 2.15. The molecule has 0 radical (unpaired) electrons. The van der Waals surface area contributed by atoms with Gasteiger partial charge in [0, 0.05) is 28.6 Å². The van der Waals surface area contributed by atoms with Gasteiger partial charge >= 0.3 is 0 Å². The van der Waals surface area contributed by atoms with Crippen molar-refractivity contribution in [2.75, 3.05) is 6.54 Å². The van der Waals surface area contributed by atoms with Crippen LogP contribution in [0.15, 0.2) is 24.3 Å². The second-order valence-corrected chi connectivity index (χ2v) is 6.94. The van der Waals surface area contributed by atoms with Gasteiger partial charge in [-0.15, -0.1) is 0 Å². The lowest BCUT2D eigenvalue weighted by Gasteiger charge is -2.16. The van der Waals surface area contributed by atoms with E-state index in [1.807, 2.05) is 23.9 Å². The molecule has 1 unspecified atom stereocenters. The number of rotatable bonds is 6. The molecule has 1 aliphatic carbocycles. The summed E-state index contributed by atoms with van der Waals surface area (Å²) in [6, 6.07) is 8.91. The summed E-state index contributed by atoms with van der Waals surface area (Å²) >= 11 is 8.14. The lowest BCUT2D eigenvalue weighted by atomic mass is 10.2. The van der Waals surface area contributed by atoms with E-state index in [-0.39, 0.29) is 0 Å². The van der Waals surface area contributed by atoms with Gasteiger partial charge in [-0.1, -0.05) is 49.6 Å². The van der Waals surface area contributed by atoms with Gasteiger partial charge < -0.3 is 5.32 Å². The van der Waals surface area contributed by atoms with E-state index in [4.69, 9.17) is 11.6 Å². The van der Waals surface area contributed by atoms with Gasteiger partial charge in [0.05, 0.1) is 0 Å². The average molecular weight is 284 g/mol. The van der Waals surface area contributed by atoms with E-state index in [1.54, 1.807) is 0 Å². The molecule has 1 atom stereocenters. The lowest BCUT2D eigenvalue weighted by Crippen LogP contribution is -2.31. The Morgan fingerprint density at radius 2 is 2.06 bits per heavy atom. The number of thioether (sulfide) groups is 1. The Bertz CT molecular complexity index is 363. The van der Waals surface area contributed by atoms with Crippen LogP contribution in [0.3, 0.4) is 0 Å². The first kappa shape index (κ1) is 14.2. The van der Waals surface area contributed by atoms with Crippen molar-refractivity contribution >= 4 is 23.4 Å². The molecule has 1 nitrogen and oxygen atoms in total. The predicted molar refractivity (Wildman–Crippen MR) is 82.5 cm³/mol. The van der Waals surface area contributed by atoms with E-state index < -0.39 is 0 Å². The summed E-state index contributed by atoms with van der Waals surface area (Å²) in [5.74, 6) is 1.01. The molecule has 1 aliphatic rings. The highest BCUT2D eigenvalue weighted by Crippen LogP contribution is 2.24. The average Bonchev–Trinajstić information content (AvgIpc) is 2.88. The van der Waals surface area contributed by atoms with Crippen LogP contribution in [-0.2, 0) is 5.75 Å². The summed E-state index contributed by atoms with van der Waals surface area (Å²) in [6.45, 7) is 3.41. The van der Waals surface area contributed by atoms with Crippen LogP contribution in [0, 0.1) is 0 Å². The first-order valence-corrected chi connectivity index (χ1v) is 8.27. The van der Waals surface area contributed by atoms with Crippen LogP contribution >= 0.6 is 23.4 Å². The van der Waals surface area contributed by atoms with Crippen LogP contribution in [0.2, 0.25) is 5.02 Å². The van der Waals surface area contributed by atoms with Gasteiger partial charge in [-0.2, -0.15) is 11.8 Å². The van der Waals surface area contributed by atoms with E-state index in [9.17, 15) is 0 Å². The summed E-state index contributed by atoms with van der Waals surface area (Å²) in [7, 11) is 0. The van der Waals surface area contributed by atoms with Crippen LogP contribution in [0.4, 0.5) is 0 Å². The molecule has 0 aliphatic heterocycles. The number of halogens is 1. The van der Waals surface area contributed by atoms with Gasteiger partial charge in [0.2, 0.25) is 0 Å². The van der Waals surface area contributed by atoms with Gasteiger partial charge in [0.1, 0.15) is 0 Å². The van der Waals surface area contributed by atoms with Crippen molar-refractivity contribution in [1.29, 1.82) is 0 Å². The van der Waals surface area contributed by atoms with E-state index in [0.717, 1.165) is 23.4 Å². The molecule has 1 saturated carbocycles. The maximum Gasteiger partial charge on any atom is 0.0446 e. The Labute approximate surface area is 120 Å². The zero-order chi connectivity index (χ0) is 12.8. The van der Waals surface area contributed by atoms with Crippen molar-refractivity contribution in [3.05, 3.63) is 34.9 Å². The topological polar surface area (TPSA) is 12.0 Å². The second-order valence-electron chi connectivity index (χ2n) is 5.10. The van der Waals surface area contributed by atoms with Gasteiger partial charge in [-0.3, -0.25) is 0 Å². The Kier molecular flexibility index (Phi) is 5.87. The Balaban J connectivity index is 1.68. The molecule has 0 spiro atoms. The molecule has 1 aromatic rings. The van der Waals surface area contributed by atoms with Crippen LogP contribution in [0.5, 0.6) is 0 Å². The summed E-state index contributed by atoms with van der Waals surface area (Å²) in [6.07, 6.45) is 5.53. The summed E-state index contributed by atoms with van der Waals surface area (Å²) in [4.78, 5) is 0. The molecule has 18 heavy (non-hydrogen) atoms. The number of nitrogens with one attached hydrogen (secondary N) is 1. The normalized spacial score (nSPS) is 18.1. The largest absolute Gasteiger partial charge is 0.313 e. The van der Waals surface area contributed by atoms with E-state index in [2.05, 4.69) is 24.4 Å². The fraction of sp³-hybridized carbons (Fsp3) is 0.600.